The molecule has 0 bridgehead atoms. The molecule has 2 aromatic rings. The Morgan fingerprint density at radius 1 is 1.53 bits per heavy atom. The summed E-state index contributed by atoms with van der Waals surface area (Å²) in [5.41, 5.74) is 2.03. The van der Waals surface area contributed by atoms with Crippen molar-refractivity contribution >= 4 is 5.97 Å². The molecule has 2 rings (SSSR count). The lowest BCUT2D eigenvalue weighted by Gasteiger charge is -2.01. The second-order valence-corrected chi connectivity index (χ2v) is 3.62. The van der Waals surface area contributed by atoms with Crippen LogP contribution < -0.4 is 0 Å². The van der Waals surface area contributed by atoms with Gasteiger partial charge in [-0.1, -0.05) is 5.16 Å². The second kappa shape index (κ2) is 4.40. The minimum atomic E-state index is -0.408. The Balaban J connectivity index is 2.45. The first-order valence-electron chi connectivity index (χ1n) is 5.29. The first kappa shape index (κ1) is 11.4. The van der Waals surface area contributed by atoms with E-state index in [4.69, 9.17) is 9.26 Å². The number of carbonyl (C=O) groups is 1. The fourth-order valence-electron chi connectivity index (χ4n) is 1.55. The number of hydrogen-bond donors (Lipinski definition) is 1. The van der Waals surface area contributed by atoms with Crippen LogP contribution in [0.5, 0.6) is 0 Å². The van der Waals surface area contributed by atoms with Crippen LogP contribution >= 0.6 is 0 Å². The molecule has 0 unspecified atom stereocenters. The van der Waals surface area contributed by atoms with Gasteiger partial charge in [-0.2, -0.15) is 5.10 Å². The molecule has 2 heterocycles. The molecule has 0 fully saturated rings. The van der Waals surface area contributed by atoms with Gasteiger partial charge in [0.25, 0.3) is 0 Å². The van der Waals surface area contributed by atoms with Gasteiger partial charge in [0.1, 0.15) is 22.7 Å². The fourth-order valence-corrected chi connectivity index (χ4v) is 1.55. The van der Waals surface area contributed by atoms with Crippen molar-refractivity contribution in [2.45, 2.75) is 20.8 Å². The van der Waals surface area contributed by atoms with Crippen molar-refractivity contribution < 1.29 is 14.1 Å². The van der Waals surface area contributed by atoms with Gasteiger partial charge >= 0.3 is 5.97 Å². The highest BCUT2D eigenvalue weighted by Gasteiger charge is 2.22. The van der Waals surface area contributed by atoms with Crippen LogP contribution in [0.1, 0.15) is 28.7 Å². The Labute approximate surface area is 98.0 Å². The molecular weight excluding hydrogens is 222 g/mol. The molecule has 0 aliphatic carbocycles. The average Bonchev–Trinajstić information content (AvgIpc) is 2.85. The maximum absolute atomic E-state index is 11.8. The highest BCUT2D eigenvalue weighted by Crippen LogP contribution is 2.23. The zero-order chi connectivity index (χ0) is 12.4. The molecule has 0 saturated heterocycles. The number of aromatic nitrogens is 3. The largest absolute Gasteiger partial charge is 0.462 e. The zero-order valence-corrected chi connectivity index (χ0v) is 9.90. The number of aryl methyl sites for hydroxylation is 2. The highest BCUT2D eigenvalue weighted by molar-refractivity contribution is 5.96. The molecule has 0 spiro atoms. The van der Waals surface area contributed by atoms with Gasteiger partial charge in [-0.25, -0.2) is 4.79 Å². The minimum absolute atomic E-state index is 0.320. The van der Waals surface area contributed by atoms with Crippen LogP contribution in [0, 0.1) is 13.8 Å². The van der Waals surface area contributed by atoms with E-state index in [1.807, 2.05) is 0 Å². The van der Waals surface area contributed by atoms with Crippen LogP contribution in [-0.4, -0.2) is 27.9 Å². The van der Waals surface area contributed by atoms with Gasteiger partial charge in [-0.15, -0.1) is 0 Å². The Kier molecular flexibility index (Phi) is 2.95. The monoisotopic (exact) mass is 235 g/mol. The van der Waals surface area contributed by atoms with E-state index in [9.17, 15) is 4.79 Å². The third kappa shape index (κ3) is 2.06. The second-order valence-electron chi connectivity index (χ2n) is 3.62. The van der Waals surface area contributed by atoms with Gasteiger partial charge in [-0.05, 0) is 20.8 Å². The van der Waals surface area contributed by atoms with Gasteiger partial charge in [0.15, 0.2) is 0 Å². The number of nitrogens with one attached hydrogen (secondary N) is 1. The summed E-state index contributed by atoms with van der Waals surface area (Å²) in [4.78, 5) is 11.8. The smallest absolute Gasteiger partial charge is 0.342 e. The SMILES string of the molecule is CCOC(=O)c1c(-c2cc(C)on2)n[nH]c1C. The van der Waals surface area contributed by atoms with E-state index >= 15 is 0 Å². The Bertz CT molecular complexity index is 542. The van der Waals surface area contributed by atoms with Crippen molar-refractivity contribution in [3.8, 4) is 11.4 Å². The van der Waals surface area contributed by atoms with Crippen molar-refractivity contribution in [2.75, 3.05) is 6.61 Å². The van der Waals surface area contributed by atoms with Gasteiger partial charge in [0.05, 0.1) is 6.61 Å². The van der Waals surface area contributed by atoms with E-state index in [-0.39, 0.29) is 0 Å². The molecule has 90 valence electrons. The molecule has 0 saturated carbocycles. The quantitative estimate of drug-likeness (QED) is 0.821. The maximum Gasteiger partial charge on any atom is 0.342 e. The Morgan fingerprint density at radius 3 is 2.88 bits per heavy atom. The van der Waals surface area contributed by atoms with Crippen LogP contribution in [0.4, 0.5) is 0 Å². The third-order valence-corrected chi connectivity index (χ3v) is 2.30. The molecule has 0 aliphatic heterocycles. The highest BCUT2D eigenvalue weighted by atomic mass is 16.5. The molecule has 0 amide bonds. The van der Waals surface area contributed by atoms with Crippen LogP contribution in [0.3, 0.4) is 0 Å². The molecule has 0 atom stereocenters. The number of ether oxygens (including phenoxy) is 1. The van der Waals surface area contributed by atoms with Gasteiger partial charge in [-0.3, -0.25) is 5.10 Å². The number of carbonyl (C=O) groups excluding carboxylic acids is 1. The van der Waals surface area contributed by atoms with Crippen molar-refractivity contribution in [1.29, 1.82) is 0 Å². The predicted octanol–water partition coefficient (Wildman–Crippen LogP) is 1.86. The molecule has 2 aromatic heterocycles. The summed E-state index contributed by atoms with van der Waals surface area (Å²) in [6, 6.07) is 1.72. The summed E-state index contributed by atoms with van der Waals surface area (Å²) in [5.74, 6) is 0.255. The molecule has 0 radical (unpaired) electrons. The summed E-state index contributed by atoms with van der Waals surface area (Å²) < 4.78 is 9.95. The van der Waals surface area contributed by atoms with Crippen molar-refractivity contribution in [1.82, 2.24) is 15.4 Å². The number of aromatic amines is 1. The normalized spacial score (nSPS) is 10.5. The third-order valence-electron chi connectivity index (χ3n) is 2.30. The zero-order valence-electron chi connectivity index (χ0n) is 9.90. The Morgan fingerprint density at radius 2 is 2.29 bits per heavy atom. The minimum Gasteiger partial charge on any atom is -0.462 e. The lowest BCUT2D eigenvalue weighted by atomic mass is 10.1. The maximum atomic E-state index is 11.8. The van der Waals surface area contributed by atoms with E-state index in [0.717, 1.165) is 0 Å². The lowest BCUT2D eigenvalue weighted by Crippen LogP contribution is -2.06. The fraction of sp³-hybridized carbons (Fsp3) is 0.364. The van der Waals surface area contributed by atoms with Gasteiger partial charge in [0.2, 0.25) is 0 Å². The van der Waals surface area contributed by atoms with Gasteiger partial charge < -0.3 is 9.26 Å². The van der Waals surface area contributed by atoms with Crippen LogP contribution in [-0.2, 0) is 4.74 Å². The van der Waals surface area contributed by atoms with E-state index in [0.29, 0.717) is 35.0 Å². The Hall–Kier alpha value is -2.11. The number of H-pyrrole nitrogens is 1. The van der Waals surface area contributed by atoms with Gasteiger partial charge in [0, 0.05) is 11.8 Å². The van der Waals surface area contributed by atoms with Crippen LogP contribution in [0.2, 0.25) is 0 Å². The van der Waals surface area contributed by atoms with Crippen LogP contribution in [0.15, 0.2) is 10.6 Å². The first-order chi connectivity index (χ1) is 8.13. The summed E-state index contributed by atoms with van der Waals surface area (Å²) in [6.07, 6.45) is 0. The topological polar surface area (TPSA) is 81.0 Å². The summed E-state index contributed by atoms with van der Waals surface area (Å²) in [7, 11) is 0. The summed E-state index contributed by atoms with van der Waals surface area (Å²) in [6.45, 7) is 5.61. The lowest BCUT2D eigenvalue weighted by molar-refractivity contribution is 0.0526. The van der Waals surface area contributed by atoms with E-state index in [1.165, 1.54) is 0 Å². The predicted molar refractivity (Wildman–Crippen MR) is 59.5 cm³/mol. The van der Waals surface area contributed by atoms with Crippen LogP contribution in [0.25, 0.3) is 11.4 Å². The van der Waals surface area contributed by atoms with Crippen molar-refractivity contribution in [3.63, 3.8) is 0 Å². The molecular formula is C11H13N3O3. The first-order valence-corrected chi connectivity index (χ1v) is 5.29. The number of rotatable bonds is 3. The summed E-state index contributed by atoms with van der Waals surface area (Å²) in [5, 5.41) is 10.6. The van der Waals surface area contributed by atoms with E-state index in [2.05, 4.69) is 15.4 Å². The van der Waals surface area contributed by atoms with E-state index < -0.39 is 5.97 Å². The average molecular weight is 235 g/mol. The molecule has 0 aromatic carbocycles. The molecule has 1 N–H and O–H groups in total. The molecule has 6 nitrogen and oxygen atoms in total. The number of esters is 1. The standard InChI is InChI=1S/C11H13N3O3/c1-4-16-11(15)9-7(3)12-13-10(9)8-5-6(2)17-14-8/h5H,4H2,1-3H3,(H,12,13). The van der Waals surface area contributed by atoms with Crippen molar-refractivity contribution in [2.24, 2.45) is 0 Å². The number of nitrogens with zero attached hydrogens (tertiary/aromatic N) is 2. The van der Waals surface area contributed by atoms with E-state index in [1.54, 1.807) is 26.8 Å². The van der Waals surface area contributed by atoms with Crippen molar-refractivity contribution in [3.05, 3.63) is 23.1 Å². The molecule has 0 aliphatic rings. The summed E-state index contributed by atoms with van der Waals surface area (Å²) >= 11 is 0. The number of hydrogen-bond acceptors (Lipinski definition) is 5. The molecule has 17 heavy (non-hydrogen) atoms. The molecule has 6 heteroatoms.